The molecule has 5 heteroatoms. The number of aliphatic hydroxyl groups is 1. The van der Waals surface area contributed by atoms with E-state index in [4.69, 9.17) is 10.5 Å². The van der Waals surface area contributed by atoms with Gasteiger partial charge in [0.2, 0.25) is 5.91 Å². The van der Waals surface area contributed by atoms with Crippen LogP contribution >= 0.6 is 0 Å². The Kier molecular flexibility index (Phi) is 7.19. The Labute approximate surface area is 126 Å². The molecule has 21 heavy (non-hydrogen) atoms. The summed E-state index contributed by atoms with van der Waals surface area (Å²) < 4.78 is 5.30. The predicted molar refractivity (Wildman–Crippen MR) is 82.9 cm³/mol. The summed E-state index contributed by atoms with van der Waals surface area (Å²) in [4.78, 5) is 14.0. The Balaban J connectivity index is 2.83. The van der Waals surface area contributed by atoms with Gasteiger partial charge in [0.25, 0.3) is 0 Å². The summed E-state index contributed by atoms with van der Waals surface area (Å²) in [6, 6.07) is 7.00. The third-order valence-corrected chi connectivity index (χ3v) is 3.28. The Morgan fingerprint density at radius 2 is 2.05 bits per heavy atom. The first kappa shape index (κ1) is 17.5. The normalized spacial score (nSPS) is 12.3. The Hall–Kier alpha value is -1.59. The van der Waals surface area contributed by atoms with Crippen LogP contribution in [0.25, 0.3) is 0 Å². The average Bonchev–Trinajstić information content (AvgIpc) is 2.45. The van der Waals surface area contributed by atoms with Crippen molar-refractivity contribution < 1.29 is 14.6 Å². The van der Waals surface area contributed by atoms with E-state index in [9.17, 15) is 9.90 Å². The van der Waals surface area contributed by atoms with Crippen molar-refractivity contribution in [1.29, 1.82) is 0 Å². The Morgan fingerprint density at radius 3 is 2.62 bits per heavy atom. The zero-order valence-electron chi connectivity index (χ0n) is 13.1. The van der Waals surface area contributed by atoms with Crippen molar-refractivity contribution >= 4 is 5.91 Å². The van der Waals surface area contributed by atoms with Crippen molar-refractivity contribution in [2.24, 2.45) is 11.7 Å². The van der Waals surface area contributed by atoms with Crippen LogP contribution in [0.3, 0.4) is 0 Å². The number of hydrogen-bond acceptors (Lipinski definition) is 4. The van der Waals surface area contributed by atoms with E-state index in [1.165, 1.54) is 0 Å². The minimum absolute atomic E-state index is 0.0880. The van der Waals surface area contributed by atoms with Gasteiger partial charge >= 0.3 is 0 Å². The molecule has 1 atom stereocenters. The van der Waals surface area contributed by atoms with E-state index in [-0.39, 0.29) is 19.1 Å². The molecule has 0 aliphatic carbocycles. The number of rotatable bonds is 8. The first-order valence-corrected chi connectivity index (χ1v) is 7.26. The van der Waals surface area contributed by atoms with Crippen LogP contribution in [0.5, 0.6) is 5.75 Å². The van der Waals surface area contributed by atoms with E-state index in [0.717, 1.165) is 11.3 Å². The van der Waals surface area contributed by atoms with Crippen LogP contribution in [0, 0.1) is 5.92 Å². The SMILES string of the molecule is COc1ccccc1CN(CCO)C(=O)[C@H](N)CC(C)C. The van der Waals surface area contributed by atoms with Crippen LogP contribution in [-0.4, -0.2) is 42.2 Å². The molecule has 0 heterocycles. The fraction of sp³-hybridized carbons (Fsp3) is 0.562. The standard InChI is InChI=1S/C16H26N2O3/c1-12(2)10-14(17)16(20)18(8-9-19)11-13-6-4-5-7-15(13)21-3/h4-7,12,14,19H,8-11,17H2,1-3H3/t14-/m1/s1. The van der Waals surface area contributed by atoms with Crippen LogP contribution in [-0.2, 0) is 11.3 Å². The van der Waals surface area contributed by atoms with E-state index >= 15 is 0 Å². The lowest BCUT2D eigenvalue weighted by molar-refractivity contribution is -0.134. The van der Waals surface area contributed by atoms with Crippen LogP contribution < -0.4 is 10.5 Å². The summed E-state index contributed by atoms with van der Waals surface area (Å²) in [6.45, 7) is 4.63. The van der Waals surface area contributed by atoms with Gasteiger partial charge in [0.1, 0.15) is 5.75 Å². The highest BCUT2D eigenvalue weighted by atomic mass is 16.5. The summed E-state index contributed by atoms with van der Waals surface area (Å²) in [6.07, 6.45) is 0.632. The first-order chi connectivity index (χ1) is 9.99. The summed E-state index contributed by atoms with van der Waals surface area (Å²) in [5.74, 6) is 0.945. The lowest BCUT2D eigenvalue weighted by atomic mass is 10.0. The van der Waals surface area contributed by atoms with E-state index in [1.54, 1.807) is 12.0 Å². The molecule has 0 aliphatic heterocycles. The van der Waals surface area contributed by atoms with Gasteiger partial charge in [-0.2, -0.15) is 0 Å². The molecule has 1 aromatic carbocycles. The number of carbonyl (C=O) groups excluding carboxylic acids is 1. The monoisotopic (exact) mass is 294 g/mol. The summed E-state index contributed by atoms with van der Waals surface area (Å²) in [5.41, 5.74) is 6.87. The largest absolute Gasteiger partial charge is 0.496 e. The molecule has 0 unspecified atom stereocenters. The van der Waals surface area contributed by atoms with Gasteiger partial charge in [-0.1, -0.05) is 32.0 Å². The highest BCUT2D eigenvalue weighted by Crippen LogP contribution is 2.20. The Morgan fingerprint density at radius 1 is 1.38 bits per heavy atom. The lowest BCUT2D eigenvalue weighted by Gasteiger charge is -2.26. The third kappa shape index (κ3) is 5.36. The average molecular weight is 294 g/mol. The van der Waals surface area contributed by atoms with E-state index in [2.05, 4.69) is 0 Å². The van der Waals surface area contributed by atoms with Crippen LogP contribution in [0.1, 0.15) is 25.8 Å². The zero-order chi connectivity index (χ0) is 15.8. The van der Waals surface area contributed by atoms with Crippen LogP contribution in [0.4, 0.5) is 0 Å². The van der Waals surface area contributed by atoms with Gasteiger partial charge in [0.15, 0.2) is 0 Å². The van der Waals surface area contributed by atoms with Gasteiger partial charge in [0.05, 0.1) is 19.8 Å². The highest BCUT2D eigenvalue weighted by Gasteiger charge is 2.22. The molecule has 1 rings (SSSR count). The van der Waals surface area contributed by atoms with Gasteiger partial charge in [-0.25, -0.2) is 0 Å². The second kappa shape index (κ2) is 8.64. The molecule has 0 saturated carbocycles. The highest BCUT2D eigenvalue weighted by molar-refractivity contribution is 5.81. The lowest BCUT2D eigenvalue weighted by Crippen LogP contribution is -2.45. The van der Waals surface area contributed by atoms with Crippen LogP contribution in [0.15, 0.2) is 24.3 Å². The number of carbonyl (C=O) groups is 1. The topological polar surface area (TPSA) is 75.8 Å². The van der Waals surface area contributed by atoms with Crippen molar-refractivity contribution in [3.63, 3.8) is 0 Å². The van der Waals surface area contributed by atoms with E-state index < -0.39 is 6.04 Å². The predicted octanol–water partition coefficient (Wildman–Crippen LogP) is 1.39. The maximum absolute atomic E-state index is 12.4. The number of ether oxygens (including phenoxy) is 1. The van der Waals surface area contributed by atoms with Crippen LogP contribution in [0.2, 0.25) is 0 Å². The van der Waals surface area contributed by atoms with Crippen molar-refractivity contribution in [3.05, 3.63) is 29.8 Å². The number of para-hydroxylation sites is 1. The van der Waals surface area contributed by atoms with Gasteiger partial charge in [-0.05, 0) is 18.4 Å². The molecular weight excluding hydrogens is 268 g/mol. The molecular formula is C16H26N2O3. The molecule has 0 radical (unpaired) electrons. The molecule has 0 saturated heterocycles. The number of hydrogen-bond donors (Lipinski definition) is 2. The second-order valence-corrected chi connectivity index (χ2v) is 5.53. The molecule has 0 bridgehead atoms. The second-order valence-electron chi connectivity index (χ2n) is 5.53. The van der Waals surface area contributed by atoms with Crippen molar-refractivity contribution in [2.75, 3.05) is 20.3 Å². The van der Waals surface area contributed by atoms with Gasteiger partial charge < -0.3 is 20.5 Å². The Bertz CT molecular complexity index is 449. The molecule has 5 nitrogen and oxygen atoms in total. The van der Waals surface area contributed by atoms with Gasteiger partial charge in [-0.3, -0.25) is 4.79 Å². The third-order valence-electron chi connectivity index (χ3n) is 3.28. The quantitative estimate of drug-likeness (QED) is 0.759. The van der Waals surface area contributed by atoms with Gasteiger partial charge in [0, 0.05) is 18.7 Å². The maximum Gasteiger partial charge on any atom is 0.239 e. The minimum atomic E-state index is -0.536. The fourth-order valence-corrected chi connectivity index (χ4v) is 2.27. The maximum atomic E-state index is 12.4. The number of benzene rings is 1. The molecule has 0 aromatic heterocycles. The summed E-state index contributed by atoms with van der Waals surface area (Å²) in [7, 11) is 1.60. The number of nitrogens with two attached hydrogens (primary N) is 1. The number of amides is 1. The molecule has 0 aliphatic rings. The molecule has 3 N–H and O–H groups in total. The summed E-state index contributed by atoms with van der Waals surface area (Å²) in [5, 5.41) is 9.19. The molecule has 1 amide bonds. The zero-order valence-corrected chi connectivity index (χ0v) is 13.1. The van der Waals surface area contributed by atoms with Crippen molar-refractivity contribution in [2.45, 2.75) is 32.9 Å². The number of aliphatic hydroxyl groups excluding tert-OH is 1. The van der Waals surface area contributed by atoms with Crippen molar-refractivity contribution in [3.8, 4) is 5.75 Å². The fourth-order valence-electron chi connectivity index (χ4n) is 2.27. The molecule has 118 valence electrons. The minimum Gasteiger partial charge on any atom is -0.496 e. The number of methoxy groups -OCH3 is 1. The molecule has 0 spiro atoms. The smallest absolute Gasteiger partial charge is 0.239 e. The van der Waals surface area contributed by atoms with Crippen molar-refractivity contribution in [1.82, 2.24) is 4.90 Å². The molecule has 1 aromatic rings. The van der Waals surface area contributed by atoms with E-state index in [0.29, 0.717) is 18.9 Å². The van der Waals surface area contributed by atoms with Gasteiger partial charge in [-0.15, -0.1) is 0 Å². The summed E-state index contributed by atoms with van der Waals surface area (Å²) >= 11 is 0. The molecule has 0 fully saturated rings. The number of nitrogens with zero attached hydrogens (tertiary/aromatic N) is 1. The van der Waals surface area contributed by atoms with E-state index in [1.807, 2.05) is 38.1 Å². The first-order valence-electron chi connectivity index (χ1n) is 7.26.